The van der Waals surface area contributed by atoms with Crippen molar-refractivity contribution in [1.29, 1.82) is 0 Å². The number of hydrogen-bond donors (Lipinski definition) is 0. The molecule has 10 aromatic rings. The summed E-state index contributed by atoms with van der Waals surface area (Å²) in [7, 11) is 73.0. The van der Waals surface area contributed by atoms with Crippen LogP contribution in [0.3, 0.4) is 0 Å². The molecule has 0 spiro atoms. The lowest BCUT2D eigenvalue weighted by Gasteiger charge is -2.36. The zero-order valence-electron chi connectivity index (χ0n) is 58.9. The molecule has 86 heavy (non-hydrogen) atoms. The van der Waals surface area contributed by atoms with Gasteiger partial charge in [-0.05, 0) is 95.0 Å². The molecule has 0 saturated carbocycles. The molecule has 10 rings (SSSR count). The van der Waals surface area contributed by atoms with E-state index in [4.69, 9.17) is 0 Å². The lowest BCUT2D eigenvalue weighted by Crippen LogP contribution is -2.51. The Morgan fingerprint density at radius 1 is 0.174 bits per heavy atom. The highest BCUT2D eigenvalue weighted by Gasteiger charge is 2.30. The highest BCUT2D eigenvalue weighted by molar-refractivity contribution is 6.74. The molecule has 0 atom stereocenters. The predicted octanol–water partition coefficient (Wildman–Crippen LogP) is -38.7. The van der Waals surface area contributed by atoms with E-state index in [-0.39, 0.29) is 0 Å². The summed E-state index contributed by atoms with van der Waals surface area (Å²) < 4.78 is 0. The van der Waals surface area contributed by atoms with E-state index in [1.54, 1.807) is 0 Å². The first-order valence-corrected chi connectivity index (χ1v) is 31.9. The highest BCUT2D eigenvalue weighted by atomic mass is 15.1. The Morgan fingerprint density at radius 3 is 0.744 bits per heavy atom. The standard InChI is InChI=1S/C54H68B31N/c55-11-1-7(2-12(56)24(11)28-45(77)43(75)26(44(76)46(28)78)19-9-4-15(59)30(62)37(69)22(9)40(72)50(82)34(19)66)86(17-6-13(57)25(42(74)32(17)64)18-8-3-14(58)29(61)36(68)21(8)39(71)49(81)33(18)65)54-52(84)47(79)27(48(80)53(54)85)20-10-5-16(60)31(63)38(70)23(10)41(73)51(83)35(20)67/h1-6H,55-85H2. The van der Waals surface area contributed by atoms with Gasteiger partial charge in [0, 0.05) is 17.1 Å². The molecule has 0 fully saturated rings. The zero-order valence-corrected chi connectivity index (χ0v) is 58.9. The monoisotopic (exact) mass is 1070 g/mol. The van der Waals surface area contributed by atoms with Crippen LogP contribution in [0.2, 0.25) is 0 Å². The number of benzene rings is 10. The molecule has 32 heteroatoms. The molecule has 0 aliphatic heterocycles. The Bertz CT molecular complexity index is 4680. The van der Waals surface area contributed by atoms with E-state index >= 15 is 0 Å². The van der Waals surface area contributed by atoms with Crippen LogP contribution in [0.5, 0.6) is 0 Å². The quantitative estimate of drug-likeness (QED) is 0.144. The normalized spacial score (nSPS) is 11.5. The van der Waals surface area contributed by atoms with Gasteiger partial charge in [0.15, 0.2) is 0 Å². The molecule has 0 aromatic heterocycles. The third-order valence-electron chi connectivity index (χ3n) is 23.4. The molecule has 0 aliphatic rings. The first-order valence-electron chi connectivity index (χ1n) is 31.9. The summed E-state index contributed by atoms with van der Waals surface area (Å²) in [5.74, 6) is 0. The van der Waals surface area contributed by atoms with Crippen molar-refractivity contribution in [3.8, 4) is 44.5 Å². The van der Waals surface area contributed by atoms with Crippen LogP contribution in [0.1, 0.15) is 0 Å². The second kappa shape index (κ2) is 22.7. The maximum atomic E-state index is 2.68. The minimum Gasteiger partial charge on any atom is -0.312 e. The smallest absolute Gasteiger partial charge is 0.141 e. The first kappa shape index (κ1) is 63.8. The number of fused-ring (bicyclic) bond motifs is 3. The van der Waals surface area contributed by atoms with E-state index in [1.807, 2.05) is 0 Å². The van der Waals surface area contributed by atoms with Crippen LogP contribution >= 0.6 is 0 Å². The third kappa shape index (κ3) is 9.27. The van der Waals surface area contributed by atoms with E-state index in [9.17, 15) is 0 Å². The Hall–Kier alpha value is -5.21. The van der Waals surface area contributed by atoms with Crippen molar-refractivity contribution in [3.05, 3.63) is 36.4 Å². The second-order valence-corrected chi connectivity index (χ2v) is 27.4. The van der Waals surface area contributed by atoms with Crippen LogP contribution < -0.4 is 174 Å². The molecule has 0 saturated heterocycles. The maximum Gasteiger partial charge on any atom is 0.141 e. The highest BCUT2D eigenvalue weighted by Crippen LogP contribution is 2.33. The summed E-state index contributed by atoms with van der Waals surface area (Å²) in [6, 6.07) is 15.0. The number of anilines is 3. The Balaban J connectivity index is 1.27. The number of nitrogens with zero attached hydrogens (tertiary/aromatic N) is 1. The predicted molar refractivity (Wildman–Crippen MR) is 489 cm³/mol. The largest absolute Gasteiger partial charge is 0.312 e. The number of hydrogen-bond acceptors (Lipinski definition) is 1. The van der Waals surface area contributed by atoms with Crippen LogP contribution in [0.4, 0.5) is 17.1 Å². The van der Waals surface area contributed by atoms with Crippen LogP contribution in [0.15, 0.2) is 36.4 Å². The average Bonchev–Trinajstić information content (AvgIpc) is 0.936. The summed E-state index contributed by atoms with van der Waals surface area (Å²) in [6.45, 7) is 0. The average molecular weight is 1070 g/mol. The van der Waals surface area contributed by atoms with Gasteiger partial charge in [0.1, 0.15) is 243 Å². The summed E-state index contributed by atoms with van der Waals surface area (Å²) in [6.07, 6.45) is 0. The van der Waals surface area contributed by atoms with Gasteiger partial charge in [-0.3, -0.25) is 0 Å². The molecule has 10 aromatic carbocycles. The zero-order chi connectivity index (χ0) is 63.5. The molecule has 0 heterocycles. The van der Waals surface area contributed by atoms with Crippen LogP contribution in [0, 0.1) is 0 Å². The molecule has 0 unspecified atom stereocenters. The van der Waals surface area contributed by atoms with Crippen molar-refractivity contribution in [2.24, 2.45) is 0 Å². The van der Waals surface area contributed by atoms with Gasteiger partial charge in [0.05, 0.1) is 0 Å². The molecule has 0 radical (unpaired) electrons. The molecule has 0 amide bonds. The Kier molecular flexibility index (Phi) is 16.8. The van der Waals surface area contributed by atoms with Gasteiger partial charge in [-0.25, -0.2) is 0 Å². The van der Waals surface area contributed by atoms with Gasteiger partial charge in [-0.1, -0.05) is 155 Å². The van der Waals surface area contributed by atoms with E-state index in [0.717, 1.165) is 0 Å². The van der Waals surface area contributed by atoms with Crippen molar-refractivity contribution in [1.82, 2.24) is 0 Å². The molecular formula is C54H68B31N. The van der Waals surface area contributed by atoms with Gasteiger partial charge < -0.3 is 4.90 Å². The molecule has 1 nitrogen and oxygen atoms in total. The van der Waals surface area contributed by atoms with Gasteiger partial charge >= 0.3 is 0 Å². The van der Waals surface area contributed by atoms with E-state index < -0.39 is 0 Å². The number of rotatable bonds is 7. The van der Waals surface area contributed by atoms with Gasteiger partial charge in [-0.15, -0.1) is 32.8 Å². The summed E-state index contributed by atoms with van der Waals surface area (Å²) in [4.78, 5) is 2.68. The van der Waals surface area contributed by atoms with Crippen molar-refractivity contribution < 1.29 is 0 Å². The minimum absolute atomic E-state index is 1.19. The Labute approximate surface area is 543 Å². The fraction of sp³-hybridized carbons (Fsp3) is 0. The second-order valence-electron chi connectivity index (χ2n) is 27.4. The van der Waals surface area contributed by atoms with E-state index in [1.165, 1.54) is 263 Å². The first-order chi connectivity index (χ1) is 40.1. The molecule has 0 aliphatic carbocycles. The van der Waals surface area contributed by atoms with Crippen molar-refractivity contribution in [2.75, 3.05) is 4.90 Å². The topological polar surface area (TPSA) is 3.24 Å². The SMILES string of the molecule is Bc1cc2c(-c3c(B)cc(N(c4cc(B)c(-c5c(B)c(B)c(-c6c(B)c(B)c(B)c7c(B)c(B)c(B)cc67)c(B)c5B)c(B)c4)c4c(B)c(B)c(-c5c(B)c(B)c(B)c6c(B)c(B)c(B)cc56)c(B)c4B)c(B)c3B)c(B)c(B)c(B)c2c(B)c1B. The fourth-order valence-corrected chi connectivity index (χ4v) is 16.4. The van der Waals surface area contributed by atoms with Crippen molar-refractivity contribution >= 4 is 462 Å². The lowest BCUT2D eigenvalue weighted by molar-refractivity contribution is 1.33. The van der Waals surface area contributed by atoms with Gasteiger partial charge in [-0.2, -0.15) is 0 Å². The van der Waals surface area contributed by atoms with E-state index in [2.05, 4.69) is 285 Å². The van der Waals surface area contributed by atoms with Crippen molar-refractivity contribution in [3.63, 3.8) is 0 Å². The van der Waals surface area contributed by atoms with Gasteiger partial charge in [0.25, 0.3) is 0 Å². The maximum absolute atomic E-state index is 2.68. The molecule has 382 valence electrons. The molecule has 0 N–H and O–H groups in total. The van der Waals surface area contributed by atoms with E-state index in [0.29, 0.717) is 0 Å². The summed E-state index contributed by atoms with van der Waals surface area (Å²) in [5, 5.41) is 8.36. The summed E-state index contributed by atoms with van der Waals surface area (Å²) >= 11 is 0. The summed E-state index contributed by atoms with van der Waals surface area (Å²) in [5.41, 5.74) is 56.9. The van der Waals surface area contributed by atoms with Crippen molar-refractivity contribution in [2.45, 2.75) is 0 Å². The van der Waals surface area contributed by atoms with Crippen LogP contribution in [-0.2, 0) is 0 Å². The Morgan fingerprint density at radius 2 is 0.419 bits per heavy atom. The van der Waals surface area contributed by atoms with Crippen LogP contribution in [0.25, 0.3) is 76.8 Å². The van der Waals surface area contributed by atoms with Crippen LogP contribution in [-0.4, -0.2) is 243 Å². The van der Waals surface area contributed by atoms with Gasteiger partial charge in [0.2, 0.25) is 0 Å². The third-order valence-corrected chi connectivity index (χ3v) is 23.4. The molecule has 0 bridgehead atoms. The molecular weight excluding hydrogens is 998 g/mol. The fourth-order valence-electron chi connectivity index (χ4n) is 16.4. The minimum atomic E-state index is 1.19. The lowest BCUT2D eigenvalue weighted by atomic mass is 9.57.